The number of hydrogen-bond acceptors (Lipinski definition) is 3. The molecule has 2 rings (SSSR count). The molecule has 0 radical (unpaired) electrons. The van der Waals surface area contributed by atoms with Gasteiger partial charge in [-0.05, 0) is 75.1 Å². The Morgan fingerprint density at radius 1 is 1.36 bits per heavy atom. The fourth-order valence-corrected chi connectivity index (χ4v) is 5.07. The summed E-state index contributed by atoms with van der Waals surface area (Å²) < 4.78 is 5.89. The van der Waals surface area contributed by atoms with Gasteiger partial charge < -0.3 is 10.1 Å². The molecular formula is C22H35NOS. The highest BCUT2D eigenvalue weighted by atomic mass is 32.2. The summed E-state index contributed by atoms with van der Waals surface area (Å²) in [6, 6.07) is 6.93. The second-order valence-electron chi connectivity index (χ2n) is 7.06. The van der Waals surface area contributed by atoms with Crippen molar-refractivity contribution < 1.29 is 4.74 Å². The van der Waals surface area contributed by atoms with E-state index in [9.17, 15) is 0 Å². The lowest BCUT2D eigenvalue weighted by atomic mass is 9.80. The lowest BCUT2D eigenvalue weighted by Crippen LogP contribution is -2.32. The number of ether oxygens (including phenoxy) is 1. The van der Waals surface area contributed by atoms with Crippen molar-refractivity contribution >= 4 is 11.8 Å². The van der Waals surface area contributed by atoms with Gasteiger partial charge in [0.15, 0.2) is 0 Å². The molecule has 2 atom stereocenters. The predicted molar refractivity (Wildman–Crippen MR) is 112 cm³/mol. The smallest absolute Gasteiger partial charge is 0.122 e. The minimum absolute atomic E-state index is 0.172. The van der Waals surface area contributed by atoms with E-state index in [-0.39, 0.29) is 4.75 Å². The minimum atomic E-state index is 0.172. The molecule has 1 aliphatic rings. The summed E-state index contributed by atoms with van der Waals surface area (Å²) in [6.45, 7) is 9.84. The third-order valence-corrected chi connectivity index (χ3v) is 7.01. The van der Waals surface area contributed by atoms with Crippen LogP contribution in [0.3, 0.4) is 0 Å². The standard InChI is InChI=1S/C22H35NOS/c1-5-7-8-13-22(25-4,18(3)11-15-23-14-6-2)20-9-10-21-19(17-20)12-16-24-21/h5,7,9-10,17-18,23H,6,8,11-16H2,1-4H3/b7-5-. The van der Waals surface area contributed by atoms with Gasteiger partial charge in [0.05, 0.1) is 6.61 Å². The van der Waals surface area contributed by atoms with Gasteiger partial charge in [0, 0.05) is 11.2 Å². The van der Waals surface area contributed by atoms with Crippen LogP contribution in [0.15, 0.2) is 30.4 Å². The SMILES string of the molecule is C/C=C\CCC(SC)(c1ccc2c(c1)CCO2)C(C)CCNCCC. The maximum Gasteiger partial charge on any atom is 0.122 e. The van der Waals surface area contributed by atoms with Crippen LogP contribution in [-0.4, -0.2) is 26.0 Å². The highest BCUT2D eigenvalue weighted by Gasteiger charge is 2.37. The van der Waals surface area contributed by atoms with Crippen molar-refractivity contribution in [1.29, 1.82) is 0 Å². The quantitative estimate of drug-likeness (QED) is 0.412. The van der Waals surface area contributed by atoms with Crippen LogP contribution >= 0.6 is 11.8 Å². The summed E-state index contributed by atoms with van der Waals surface area (Å²) in [7, 11) is 0. The Kier molecular flexibility index (Phi) is 8.38. The van der Waals surface area contributed by atoms with E-state index in [1.807, 2.05) is 11.8 Å². The molecule has 0 spiro atoms. The topological polar surface area (TPSA) is 21.3 Å². The van der Waals surface area contributed by atoms with Crippen LogP contribution in [0, 0.1) is 5.92 Å². The molecule has 140 valence electrons. The van der Waals surface area contributed by atoms with Gasteiger partial charge in [-0.25, -0.2) is 0 Å². The molecule has 25 heavy (non-hydrogen) atoms. The van der Waals surface area contributed by atoms with Crippen LogP contribution < -0.4 is 10.1 Å². The maximum atomic E-state index is 5.72. The molecule has 0 aliphatic carbocycles. The lowest BCUT2D eigenvalue weighted by Gasteiger charge is -2.39. The van der Waals surface area contributed by atoms with Crippen molar-refractivity contribution in [2.45, 2.75) is 57.6 Å². The fraction of sp³-hybridized carbons (Fsp3) is 0.636. The molecule has 1 heterocycles. The van der Waals surface area contributed by atoms with Crippen LogP contribution in [0.2, 0.25) is 0 Å². The minimum Gasteiger partial charge on any atom is -0.493 e. The van der Waals surface area contributed by atoms with E-state index in [2.05, 4.69) is 62.7 Å². The van der Waals surface area contributed by atoms with Crippen LogP contribution in [0.5, 0.6) is 5.75 Å². The van der Waals surface area contributed by atoms with Gasteiger partial charge in [-0.1, -0.05) is 38.1 Å². The molecule has 0 bridgehead atoms. The summed E-state index contributed by atoms with van der Waals surface area (Å²) in [4.78, 5) is 0. The predicted octanol–water partition coefficient (Wildman–Crippen LogP) is 5.56. The monoisotopic (exact) mass is 361 g/mol. The van der Waals surface area contributed by atoms with E-state index in [4.69, 9.17) is 4.74 Å². The van der Waals surface area contributed by atoms with Gasteiger partial charge in [0.25, 0.3) is 0 Å². The van der Waals surface area contributed by atoms with Crippen molar-refractivity contribution in [2.75, 3.05) is 26.0 Å². The van der Waals surface area contributed by atoms with E-state index < -0.39 is 0 Å². The molecule has 0 saturated heterocycles. The maximum absolute atomic E-state index is 5.72. The Morgan fingerprint density at radius 3 is 2.92 bits per heavy atom. The summed E-state index contributed by atoms with van der Waals surface area (Å²) >= 11 is 2.04. The van der Waals surface area contributed by atoms with Crippen molar-refractivity contribution in [3.63, 3.8) is 0 Å². The normalized spacial score (nSPS) is 17.3. The Bertz CT molecular complexity index is 557. The van der Waals surface area contributed by atoms with Crippen LogP contribution in [-0.2, 0) is 11.2 Å². The molecule has 1 aromatic rings. The number of allylic oxidation sites excluding steroid dienone is 2. The Morgan fingerprint density at radius 2 is 2.20 bits per heavy atom. The van der Waals surface area contributed by atoms with E-state index in [1.54, 1.807) is 0 Å². The number of benzene rings is 1. The van der Waals surface area contributed by atoms with Gasteiger partial charge in [-0.15, -0.1) is 0 Å². The zero-order valence-corrected chi connectivity index (χ0v) is 17.3. The molecule has 0 saturated carbocycles. The highest BCUT2D eigenvalue weighted by molar-refractivity contribution is 7.99. The number of thioether (sulfide) groups is 1. The molecular weight excluding hydrogens is 326 g/mol. The molecule has 2 nitrogen and oxygen atoms in total. The summed E-state index contributed by atoms with van der Waals surface area (Å²) in [5, 5.41) is 3.58. The van der Waals surface area contributed by atoms with E-state index >= 15 is 0 Å². The Labute approximate surface area is 158 Å². The summed E-state index contributed by atoms with van der Waals surface area (Å²) in [5.74, 6) is 1.71. The third-order valence-electron chi connectivity index (χ3n) is 5.44. The number of nitrogens with one attached hydrogen (secondary N) is 1. The average molecular weight is 362 g/mol. The van der Waals surface area contributed by atoms with Gasteiger partial charge >= 0.3 is 0 Å². The molecule has 0 aromatic heterocycles. The highest BCUT2D eigenvalue weighted by Crippen LogP contribution is 2.48. The van der Waals surface area contributed by atoms with Crippen molar-refractivity contribution in [3.05, 3.63) is 41.5 Å². The van der Waals surface area contributed by atoms with Crippen LogP contribution in [0.25, 0.3) is 0 Å². The molecule has 1 aromatic carbocycles. The summed E-state index contributed by atoms with van der Waals surface area (Å²) in [5.41, 5.74) is 2.87. The zero-order chi connectivity index (χ0) is 18.1. The second-order valence-corrected chi connectivity index (χ2v) is 8.20. The Balaban J connectivity index is 2.23. The lowest BCUT2D eigenvalue weighted by molar-refractivity contribution is 0.355. The van der Waals surface area contributed by atoms with E-state index in [1.165, 1.54) is 30.4 Å². The molecule has 3 heteroatoms. The van der Waals surface area contributed by atoms with Crippen molar-refractivity contribution in [2.24, 2.45) is 5.92 Å². The van der Waals surface area contributed by atoms with Gasteiger partial charge in [0.2, 0.25) is 0 Å². The number of rotatable bonds is 11. The largest absolute Gasteiger partial charge is 0.493 e. The summed E-state index contributed by atoms with van der Waals surface area (Å²) in [6.07, 6.45) is 12.6. The number of fused-ring (bicyclic) bond motifs is 1. The molecule has 1 N–H and O–H groups in total. The van der Waals surface area contributed by atoms with Crippen LogP contribution in [0.4, 0.5) is 0 Å². The van der Waals surface area contributed by atoms with Crippen molar-refractivity contribution in [1.82, 2.24) is 5.32 Å². The first kappa shape index (κ1) is 20.4. The van der Waals surface area contributed by atoms with E-state index in [0.717, 1.165) is 38.3 Å². The van der Waals surface area contributed by atoms with Gasteiger partial charge in [0.1, 0.15) is 5.75 Å². The van der Waals surface area contributed by atoms with Crippen molar-refractivity contribution in [3.8, 4) is 5.75 Å². The second kappa shape index (κ2) is 10.3. The molecule has 1 aliphatic heterocycles. The zero-order valence-electron chi connectivity index (χ0n) is 16.4. The average Bonchev–Trinajstić information content (AvgIpc) is 3.10. The Hall–Kier alpha value is -0.930. The first-order valence-corrected chi connectivity index (χ1v) is 11.0. The van der Waals surface area contributed by atoms with Crippen LogP contribution in [0.1, 0.15) is 57.6 Å². The van der Waals surface area contributed by atoms with Gasteiger partial charge in [-0.2, -0.15) is 11.8 Å². The van der Waals surface area contributed by atoms with E-state index in [0.29, 0.717) is 5.92 Å². The molecule has 0 fully saturated rings. The fourth-order valence-electron chi connectivity index (χ4n) is 3.86. The third kappa shape index (κ3) is 5.04. The number of hydrogen-bond donors (Lipinski definition) is 1. The molecule has 2 unspecified atom stereocenters. The van der Waals surface area contributed by atoms with Gasteiger partial charge in [-0.3, -0.25) is 0 Å². The first-order valence-electron chi connectivity index (χ1n) is 9.81. The molecule has 0 amide bonds. The first-order chi connectivity index (χ1) is 12.2.